The Hall–Kier alpha value is -0.820. The average molecular weight is 348 g/mol. The van der Waals surface area contributed by atoms with Gasteiger partial charge in [0.1, 0.15) is 5.75 Å². The molecule has 1 N–H and O–H groups in total. The maximum Gasteiger partial charge on any atom is 0.121 e. The predicted molar refractivity (Wildman–Crippen MR) is 82.7 cm³/mol. The van der Waals surface area contributed by atoms with Gasteiger partial charge in [-0.3, -0.25) is 0 Å². The smallest absolute Gasteiger partial charge is 0.121 e. The van der Waals surface area contributed by atoms with E-state index in [4.69, 9.17) is 18.9 Å². The zero-order valence-electron chi connectivity index (χ0n) is 12.0. The zero-order chi connectivity index (χ0) is 14.6. The maximum absolute atomic E-state index is 5.46. The van der Waals surface area contributed by atoms with Crippen molar-refractivity contribution in [2.45, 2.75) is 0 Å². The van der Waals surface area contributed by atoms with Crippen molar-refractivity contribution in [3.63, 3.8) is 0 Å². The largest absolute Gasteiger partial charge is 0.497 e. The number of rotatable bonds is 11. The van der Waals surface area contributed by atoms with Crippen LogP contribution >= 0.6 is 15.9 Å². The first-order valence-electron chi connectivity index (χ1n) is 6.49. The average Bonchev–Trinajstić information content (AvgIpc) is 2.47. The standard InChI is InChI=1S/C14H22BrNO4/c1-17-7-8-20-10-9-19-6-5-16-14-11-12(18-2)3-4-13(14)15/h3-4,11,16H,5-10H2,1-2H3. The van der Waals surface area contributed by atoms with E-state index < -0.39 is 0 Å². The lowest BCUT2D eigenvalue weighted by molar-refractivity contribution is 0.0272. The molecule has 20 heavy (non-hydrogen) atoms. The molecule has 0 atom stereocenters. The van der Waals surface area contributed by atoms with E-state index in [-0.39, 0.29) is 0 Å². The second kappa shape index (κ2) is 10.9. The molecule has 1 aromatic rings. The minimum absolute atomic E-state index is 0.588. The van der Waals surface area contributed by atoms with Crippen molar-refractivity contribution < 1.29 is 18.9 Å². The number of methoxy groups -OCH3 is 2. The first kappa shape index (κ1) is 17.2. The van der Waals surface area contributed by atoms with Gasteiger partial charge in [0.15, 0.2) is 0 Å². The lowest BCUT2D eigenvalue weighted by Crippen LogP contribution is -2.13. The van der Waals surface area contributed by atoms with Crippen molar-refractivity contribution in [2.75, 3.05) is 59.1 Å². The number of ether oxygens (including phenoxy) is 4. The Morgan fingerprint density at radius 3 is 2.40 bits per heavy atom. The van der Waals surface area contributed by atoms with E-state index in [1.807, 2.05) is 18.2 Å². The third-order valence-corrected chi connectivity index (χ3v) is 3.23. The van der Waals surface area contributed by atoms with Crippen LogP contribution in [0.2, 0.25) is 0 Å². The van der Waals surface area contributed by atoms with Crippen LogP contribution in [0.4, 0.5) is 5.69 Å². The Labute approximate surface area is 128 Å². The fraction of sp³-hybridized carbons (Fsp3) is 0.571. The molecular weight excluding hydrogens is 326 g/mol. The van der Waals surface area contributed by atoms with E-state index in [0.717, 1.165) is 22.5 Å². The Morgan fingerprint density at radius 1 is 1.00 bits per heavy atom. The lowest BCUT2D eigenvalue weighted by Gasteiger charge is -2.10. The summed E-state index contributed by atoms with van der Waals surface area (Å²) < 4.78 is 21.8. The van der Waals surface area contributed by atoms with Crippen LogP contribution in [0.25, 0.3) is 0 Å². The SMILES string of the molecule is COCCOCCOCCNc1cc(OC)ccc1Br. The van der Waals surface area contributed by atoms with Gasteiger partial charge >= 0.3 is 0 Å². The molecule has 1 rings (SSSR count). The van der Waals surface area contributed by atoms with Crippen molar-refractivity contribution >= 4 is 21.6 Å². The van der Waals surface area contributed by atoms with Gasteiger partial charge in [-0.1, -0.05) is 0 Å². The minimum Gasteiger partial charge on any atom is -0.497 e. The molecule has 0 aliphatic heterocycles. The molecule has 0 saturated carbocycles. The second-order valence-electron chi connectivity index (χ2n) is 3.99. The molecule has 1 aromatic carbocycles. The van der Waals surface area contributed by atoms with E-state index in [2.05, 4.69) is 21.2 Å². The molecule has 114 valence electrons. The molecule has 0 heterocycles. The Morgan fingerprint density at radius 2 is 1.70 bits per heavy atom. The topological polar surface area (TPSA) is 49.0 Å². The highest BCUT2D eigenvalue weighted by atomic mass is 79.9. The highest BCUT2D eigenvalue weighted by Crippen LogP contribution is 2.26. The second-order valence-corrected chi connectivity index (χ2v) is 4.84. The normalized spacial score (nSPS) is 10.6. The molecule has 0 radical (unpaired) electrons. The number of hydrogen-bond donors (Lipinski definition) is 1. The number of hydrogen-bond acceptors (Lipinski definition) is 5. The number of nitrogens with one attached hydrogen (secondary N) is 1. The Kier molecular flexibility index (Phi) is 9.40. The summed E-state index contributed by atoms with van der Waals surface area (Å²) in [5.74, 6) is 0.822. The lowest BCUT2D eigenvalue weighted by atomic mass is 10.3. The quantitative estimate of drug-likeness (QED) is 0.623. The molecular formula is C14H22BrNO4. The fourth-order valence-corrected chi connectivity index (χ4v) is 1.88. The Bertz CT molecular complexity index is 376. The summed E-state index contributed by atoms with van der Waals surface area (Å²) in [6, 6.07) is 5.80. The summed E-state index contributed by atoms with van der Waals surface area (Å²) in [5, 5.41) is 3.29. The van der Waals surface area contributed by atoms with Crippen LogP contribution in [0.15, 0.2) is 22.7 Å². The molecule has 0 aliphatic carbocycles. The van der Waals surface area contributed by atoms with Crippen LogP contribution in [0, 0.1) is 0 Å². The van der Waals surface area contributed by atoms with Crippen LogP contribution in [-0.4, -0.2) is 53.8 Å². The molecule has 0 bridgehead atoms. The van der Waals surface area contributed by atoms with Gasteiger partial charge in [-0.05, 0) is 28.1 Å². The van der Waals surface area contributed by atoms with Gasteiger partial charge in [0.2, 0.25) is 0 Å². The molecule has 0 saturated heterocycles. The summed E-state index contributed by atoms with van der Waals surface area (Å²) in [6.07, 6.45) is 0. The molecule has 5 nitrogen and oxygen atoms in total. The molecule has 0 aliphatic rings. The molecule has 0 fully saturated rings. The van der Waals surface area contributed by atoms with Crippen LogP contribution in [0.1, 0.15) is 0 Å². The molecule has 0 aromatic heterocycles. The summed E-state index contributed by atoms with van der Waals surface area (Å²) >= 11 is 3.49. The van der Waals surface area contributed by atoms with Gasteiger partial charge in [-0.2, -0.15) is 0 Å². The van der Waals surface area contributed by atoms with Crippen molar-refractivity contribution in [2.24, 2.45) is 0 Å². The highest BCUT2D eigenvalue weighted by Gasteiger charge is 2.01. The van der Waals surface area contributed by atoms with E-state index in [0.29, 0.717) is 33.0 Å². The van der Waals surface area contributed by atoms with E-state index in [1.165, 1.54) is 0 Å². The molecule has 0 unspecified atom stereocenters. The van der Waals surface area contributed by atoms with Gasteiger partial charge in [-0.15, -0.1) is 0 Å². The van der Waals surface area contributed by atoms with Crippen LogP contribution in [0.5, 0.6) is 5.75 Å². The first-order valence-corrected chi connectivity index (χ1v) is 7.29. The van der Waals surface area contributed by atoms with Gasteiger partial charge in [0, 0.05) is 24.2 Å². The number of benzene rings is 1. The summed E-state index contributed by atoms with van der Waals surface area (Å²) in [5.41, 5.74) is 0.990. The molecule has 0 amide bonds. The zero-order valence-corrected chi connectivity index (χ0v) is 13.6. The number of halogens is 1. The summed E-state index contributed by atoms with van der Waals surface area (Å²) in [7, 11) is 3.31. The van der Waals surface area contributed by atoms with Crippen LogP contribution in [0.3, 0.4) is 0 Å². The molecule has 6 heteroatoms. The van der Waals surface area contributed by atoms with E-state index in [1.54, 1.807) is 14.2 Å². The third-order valence-electron chi connectivity index (χ3n) is 2.54. The monoisotopic (exact) mass is 347 g/mol. The van der Waals surface area contributed by atoms with Crippen LogP contribution < -0.4 is 10.1 Å². The van der Waals surface area contributed by atoms with Gasteiger partial charge < -0.3 is 24.3 Å². The summed E-state index contributed by atoms with van der Waals surface area (Å²) in [4.78, 5) is 0. The maximum atomic E-state index is 5.46. The van der Waals surface area contributed by atoms with Gasteiger partial charge in [-0.25, -0.2) is 0 Å². The van der Waals surface area contributed by atoms with E-state index in [9.17, 15) is 0 Å². The van der Waals surface area contributed by atoms with Crippen molar-refractivity contribution in [3.8, 4) is 5.75 Å². The van der Waals surface area contributed by atoms with Gasteiger partial charge in [0.25, 0.3) is 0 Å². The van der Waals surface area contributed by atoms with Crippen LogP contribution in [-0.2, 0) is 14.2 Å². The Balaban J connectivity index is 2.09. The predicted octanol–water partition coefficient (Wildman–Crippen LogP) is 2.55. The van der Waals surface area contributed by atoms with Crippen molar-refractivity contribution in [1.29, 1.82) is 0 Å². The van der Waals surface area contributed by atoms with Crippen molar-refractivity contribution in [1.82, 2.24) is 0 Å². The summed E-state index contributed by atoms with van der Waals surface area (Å²) in [6.45, 7) is 3.75. The first-order chi connectivity index (χ1) is 9.77. The fourth-order valence-electron chi connectivity index (χ4n) is 1.49. The van der Waals surface area contributed by atoms with Gasteiger partial charge in [0.05, 0.1) is 45.8 Å². The minimum atomic E-state index is 0.588. The third kappa shape index (κ3) is 7.09. The highest BCUT2D eigenvalue weighted by molar-refractivity contribution is 9.10. The van der Waals surface area contributed by atoms with Crippen molar-refractivity contribution in [3.05, 3.63) is 22.7 Å². The van der Waals surface area contributed by atoms with E-state index >= 15 is 0 Å². The molecule has 0 spiro atoms. The number of anilines is 1.